The van der Waals surface area contributed by atoms with Crippen LogP contribution in [0.5, 0.6) is 11.5 Å². The van der Waals surface area contributed by atoms with Crippen molar-refractivity contribution in [1.29, 1.82) is 0 Å². The van der Waals surface area contributed by atoms with Gasteiger partial charge in [-0.2, -0.15) is 0 Å². The molecule has 0 aromatic heterocycles. The lowest BCUT2D eigenvalue weighted by Gasteiger charge is -2.09. The van der Waals surface area contributed by atoms with Gasteiger partial charge in [0, 0.05) is 11.4 Å². The van der Waals surface area contributed by atoms with E-state index >= 15 is 0 Å². The smallest absolute Gasteiger partial charge is 0.255 e. The van der Waals surface area contributed by atoms with Gasteiger partial charge >= 0.3 is 0 Å². The Morgan fingerprint density at radius 3 is 2.82 bits per heavy atom. The molecule has 17 heavy (non-hydrogen) atoms. The molecule has 1 aromatic carbocycles. The number of halogens is 1. The molecule has 0 aliphatic heterocycles. The Morgan fingerprint density at radius 1 is 1.47 bits per heavy atom. The highest BCUT2D eigenvalue weighted by molar-refractivity contribution is 9.09. The van der Waals surface area contributed by atoms with Crippen LogP contribution in [0.15, 0.2) is 18.2 Å². The number of hydrogen-bond acceptors (Lipinski definition) is 3. The third-order valence-electron chi connectivity index (χ3n) is 2.45. The number of rotatable bonds is 5. The fraction of sp³-hybridized carbons (Fsp3) is 0.417. The number of aromatic hydroxyl groups is 2. The van der Waals surface area contributed by atoms with Gasteiger partial charge in [0.15, 0.2) is 11.5 Å². The maximum absolute atomic E-state index is 11.7. The topological polar surface area (TPSA) is 69.6 Å². The summed E-state index contributed by atoms with van der Waals surface area (Å²) in [4.78, 5) is 12.1. The van der Waals surface area contributed by atoms with Gasteiger partial charge in [-0.1, -0.05) is 28.9 Å². The fourth-order valence-electron chi connectivity index (χ4n) is 1.36. The molecule has 1 amide bonds. The van der Waals surface area contributed by atoms with Crippen molar-refractivity contribution in [2.75, 3.05) is 6.54 Å². The molecule has 5 heteroatoms. The summed E-state index contributed by atoms with van der Waals surface area (Å²) in [5, 5.41) is 21.5. The molecule has 0 heterocycles. The molecule has 1 rings (SSSR count). The molecule has 0 aliphatic carbocycles. The van der Waals surface area contributed by atoms with Crippen molar-refractivity contribution in [3.05, 3.63) is 23.8 Å². The molecule has 1 unspecified atom stereocenters. The average Bonchev–Trinajstić information content (AvgIpc) is 2.32. The van der Waals surface area contributed by atoms with Crippen LogP contribution in [0.2, 0.25) is 0 Å². The van der Waals surface area contributed by atoms with Gasteiger partial charge in [0.2, 0.25) is 0 Å². The van der Waals surface area contributed by atoms with E-state index in [-0.39, 0.29) is 23.0 Å². The Bertz CT molecular complexity index is 395. The number of phenolic OH excluding ortho intramolecular Hbond substituents is 2. The quantitative estimate of drug-likeness (QED) is 0.578. The summed E-state index contributed by atoms with van der Waals surface area (Å²) < 4.78 is 0. The highest BCUT2D eigenvalue weighted by atomic mass is 79.9. The predicted octanol–water partition coefficient (Wildman–Crippen LogP) is 2.39. The maximum atomic E-state index is 11.7. The first-order valence-corrected chi connectivity index (χ1v) is 6.41. The monoisotopic (exact) mass is 301 g/mol. The number of nitrogens with one attached hydrogen (secondary N) is 1. The van der Waals surface area contributed by atoms with Crippen LogP contribution >= 0.6 is 15.9 Å². The predicted molar refractivity (Wildman–Crippen MR) is 69.7 cm³/mol. The van der Waals surface area contributed by atoms with Crippen LogP contribution in [-0.4, -0.2) is 27.5 Å². The highest BCUT2D eigenvalue weighted by Gasteiger charge is 2.13. The Balaban J connectivity index is 2.56. The van der Waals surface area contributed by atoms with Crippen LogP contribution in [0, 0.1) is 0 Å². The molecular formula is C12H16BrNO3. The molecule has 0 fully saturated rings. The molecule has 0 saturated carbocycles. The summed E-state index contributed by atoms with van der Waals surface area (Å²) in [5.41, 5.74) is 0.0904. The number of phenols is 2. The van der Waals surface area contributed by atoms with Gasteiger partial charge < -0.3 is 15.5 Å². The molecule has 1 aromatic rings. The minimum atomic E-state index is -0.380. The molecular weight excluding hydrogens is 286 g/mol. The van der Waals surface area contributed by atoms with E-state index in [2.05, 4.69) is 28.2 Å². The summed E-state index contributed by atoms with van der Waals surface area (Å²) in [6, 6.07) is 4.32. The number of alkyl halides is 1. The molecule has 1 atom stereocenters. The fourth-order valence-corrected chi connectivity index (χ4v) is 1.59. The number of hydrogen-bond donors (Lipinski definition) is 3. The zero-order valence-electron chi connectivity index (χ0n) is 9.61. The van der Waals surface area contributed by atoms with Crippen molar-refractivity contribution in [3.63, 3.8) is 0 Å². The first kappa shape index (κ1) is 13.8. The zero-order chi connectivity index (χ0) is 12.8. The lowest BCUT2D eigenvalue weighted by Crippen LogP contribution is -2.26. The SMILES string of the molecule is CCC(Br)CCNC(=O)c1cccc(O)c1O. The second kappa shape index (κ2) is 6.49. The van der Waals surface area contributed by atoms with E-state index in [1.54, 1.807) is 0 Å². The standard InChI is InChI=1S/C12H16BrNO3/c1-2-8(13)6-7-14-12(17)9-4-3-5-10(15)11(9)16/h3-5,8,15-16H,2,6-7H2,1H3,(H,14,17). The van der Waals surface area contributed by atoms with Crippen molar-refractivity contribution in [1.82, 2.24) is 5.32 Å². The van der Waals surface area contributed by atoms with E-state index in [1.807, 2.05) is 0 Å². The van der Waals surface area contributed by atoms with Crippen LogP contribution in [0.25, 0.3) is 0 Å². The van der Waals surface area contributed by atoms with E-state index in [1.165, 1.54) is 18.2 Å². The Kier molecular flexibility index (Phi) is 5.28. The van der Waals surface area contributed by atoms with Crippen molar-refractivity contribution < 1.29 is 15.0 Å². The van der Waals surface area contributed by atoms with Gasteiger partial charge in [-0.15, -0.1) is 0 Å². The van der Waals surface area contributed by atoms with Crippen molar-refractivity contribution in [2.45, 2.75) is 24.6 Å². The third kappa shape index (κ3) is 3.93. The molecule has 0 aliphatic rings. The second-order valence-corrected chi connectivity index (χ2v) is 5.02. The normalized spacial score (nSPS) is 12.1. The number of carbonyl (C=O) groups excluding carboxylic acids is 1. The second-order valence-electron chi connectivity index (χ2n) is 3.72. The summed E-state index contributed by atoms with van der Waals surface area (Å²) in [6.07, 6.45) is 1.81. The molecule has 0 bridgehead atoms. The van der Waals surface area contributed by atoms with Gasteiger partial charge in [-0.25, -0.2) is 0 Å². The van der Waals surface area contributed by atoms with E-state index in [0.717, 1.165) is 12.8 Å². The van der Waals surface area contributed by atoms with E-state index < -0.39 is 0 Å². The van der Waals surface area contributed by atoms with Gasteiger partial charge in [0.05, 0.1) is 5.56 Å². The van der Waals surface area contributed by atoms with Crippen LogP contribution < -0.4 is 5.32 Å². The molecule has 0 spiro atoms. The number of para-hydroxylation sites is 1. The van der Waals surface area contributed by atoms with Crippen LogP contribution in [0.3, 0.4) is 0 Å². The van der Waals surface area contributed by atoms with Crippen LogP contribution in [0.1, 0.15) is 30.1 Å². The lowest BCUT2D eigenvalue weighted by molar-refractivity contribution is 0.0950. The van der Waals surface area contributed by atoms with E-state index in [4.69, 9.17) is 0 Å². The Hall–Kier alpha value is -1.23. The highest BCUT2D eigenvalue weighted by Crippen LogP contribution is 2.27. The van der Waals surface area contributed by atoms with Crippen molar-refractivity contribution >= 4 is 21.8 Å². The summed E-state index contributed by atoms with van der Waals surface area (Å²) >= 11 is 3.47. The molecule has 0 radical (unpaired) electrons. The van der Waals surface area contributed by atoms with Crippen molar-refractivity contribution in [2.24, 2.45) is 0 Å². The number of amides is 1. The lowest BCUT2D eigenvalue weighted by atomic mass is 10.1. The number of carbonyl (C=O) groups is 1. The van der Waals surface area contributed by atoms with E-state index in [9.17, 15) is 15.0 Å². The Labute approximate surface area is 109 Å². The molecule has 4 nitrogen and oxygen atoms in total. The largest absolute Gasteiger partial charge is 0.504 e. The van der Waals surface area contributed by atoms with Gasteiger partial charge in [0.25, 0.3) is 5.91 Å². The van der Waals surface area contributed by atoms with Gasteiger partial charge in [-0.3, -0.25) is 4.79 Å². The molecule has 0 saturated heterocycles. The molecule has 3 N–H and O–H groups in total. The average molecular weight is 302 g/mol. The first-order chi connectivity index (χ1) is 8.06. The van der Waals surface area contributed by atoms with E-state index in [0.29, 0.717) is 11.4 Å². The van der Waals surface area contributed by atoms with Gasteiger partial charge in [0.1, 0.15) is 0 Å². The summed E-state index contributed by atoms with van der Waals surface area (Å²) in [6.45, 7) is 2.58. The minimum absolute atomic E-state index is 0.0904. The summed E-state index contributed by atoms with van der Waals surface area (Å²) in [5.74, 6) is -1.05. The third-order valence-corrected chi connectivity index (χ3v) is 3.55. The first-order valence-electron chi connectivity index (χ1n) is 5.49. The maximum Gasteiger partial charge on any atom is 0.255 e. The molecule has 94 valence electrons. The van der Waals surface area contributed by atoms with Crippen LogP contribution in [0.4, 0.5) is 0 Å². The van der Waals surface area contributed by atoms with Gasteiger partial charge in [-0.05, 0) is 25.0 Å². The summed E-state index contributed by atoms with van der Waals surface area (Å²) in [7, 11) is 0. The van der Waals surface area contributed by atoms with Crippen LogP contribution in [-0.2, 0) is 0 Å². The number of benzene rings is 1. The van der Waals surface area contributed by atoms with Crippen molar-refractivity contribution in [3.8, 4) is 11.5 Å². The minimum Gasteiger partial charge on any atom is -0.504 e. The zero-order valence-corrected chi connectivity index (χ0v) is 11.2. The Morgan fingerprint density at radius 2 is 2.18 bits per heavy atom.